The third kappa shape index (κ3) is 3.98. The fourth-order valence-electron chi connectivity index (χ4n) is 2.17. The molecule has 0 radical (unpaired) electrons. The van der Waals surface area contributed by atoms with Crippen molar-refractivity contribution in [3.8, 4) is 0 Å². The number of nitrogens with two attached hydrogens (primary N) is 1. The van der Waals surface area contributed by atoms with Gasteiger partial charge in [-0.05, 0) is 38.8 Å². The number of halogens is 1. The Morgan fingerprint density at radius 3 is 2.61 bits per heavy atom. The SMILES string of the molecule is CCCCN(CC)c1cccc(F)c1CC(C)N. The normalized spacial score (nSPS) is 12.5. The summed E-state index contributed by atoms with van der Waals surface area (Å²) in [5, 5.41) is 0. The van der Waals surface area contributed by atoms with E-state index in [1.165, 1.54) is 6.07 Å². The Balaban J connectivity index is 3.00. The van der Waals surface area contributed by atoms with Crippen molar-refractivity contribution in [2.45, 2.75) is 46.1 Å². The highest BCUT2D eigenvalue weighted by Gasteiger charge is 2.14. The summed E-state index contributed by atoms with van der Waals surface area (Å²) >= 11 is 0. The Morgan fingerprint density at radius 1 is 1.33 bits per heavy atom. The zero-order valence-corrected chi connectivity index (χ0v) is 11.7. The minimum Gasteiger partial charge on any atom is -0.372 e. The molecule has 2 nitrogen and oxygen atoms in total. The topological polar surface area (TPSA) is 29.3 Å². The van der Waals surface area contributed by atoms with E-state index in [0.717, 1.165) is 37.2 Å². The van der Waals surface area contributed by atoms with Crippen LogP contribution in [0.4, 0.5) is 10.1 Å². The monoisotopic (exact) mass is 252 g/mol. The van der Waals surface area contributed by atoms with E-state index in [1.807, 2.05) is 13.0 Å². The van der Waals surface area contributed by atoms with Gasteiger partial charge in [-0.25, -0.2) is 4.39 Å². The molecule has 102 valence electrons. The van der Waals surface area contributed by atoms with Crippen molar-refractivity contribution < 1.29 is 4.39 Å². The molecule has 0 heterocycles. The molecule has 3 heteroatoms. The van der Waals surface area contributed by atoms with Gasteiger partial charge < -0.3 is 10.6 Å². The van der Waals surface area contributed by atoms with Gasteiger partial charge in [0.1, 0.15) is 5.82 Å². The van der Waals surface area contributed by atoms with E-state index < -0.39 is 0 Å². The van der Waals surface area contributed by atoms with Gasteiger partial charge in [0.15, 0.2) is 0 Å². The highest BCUT2D eigenvalue weighted by Crippen LogP contribution is 2.24. The van der Waals surface area contributed by atoms with Gasteiger partial charge in [-0.2, -0.15) is 0 Å². The van der Waals surface area contributed by atoms with Gasteiger partial charge in [0, 0.05) is 30.4 Å². The molecular weight excluding hydrogens is 227 g/mol. The van der Waals surface area contributed by atoms with Crippen molar-refractivity contribution in [2.75, 3.05) is 18.0 Å². The van der Waals surface area contributed by atoms with Gasteiger partial charge in [0.05, 0.1) is 0 Å². The van der Waals surface area contributed by atoms with Crippen molar-refractivity contribution in [1.82, 2.24) is 0 Å². The standard InChI is InChI=1S/C15H25FN2/c1-4-6-10-18(5-2)15-9-7-8-14(16)13(15)11-12(3)17/h7-9,12H,4-6,10-11,17H2,1-3H3. The molecule has 0 bridgehead atoms. The van der Waals surface area contributed by atoms with Crippen LogP contribution in [0.15, 0.2) is 18.2 Å². The second kappa shape index (κ2) is 7.37. The minimum absolute atomic E-state index is 0.0227. The minimum atomic E-state index is -0.139. The van der Waals surface area contributed by atoms with Crippen LogP contribution in [0, 0.1) is 5.82 Å². The maximum Gasteiger partial charge on any atom is 0.128 e. The van der Waals surface area contributed by atoms with Gasteiger partial charge >= 0.3 is 0 Å². The van der Waals surface area contributed by atoms with Crippen LogP contribution in [0.5, 0.6) is 0 Å². The number of hydrogen-bond acceptors (Lipinski definition) is 2. The summed E-state index contributed by atoms with van der Waals surface area (Å²) in [6, 6.07) is 5.28. The first-order chi connectivity index (χ1) is 8.60. The number of rotatable bonds is 7. The molecule has 0 amide bonds. The summed E-state index contributed by atoms with van der Waals surface area (Å²) in [6.45, 7) is 8.06. The molecule has 1 unspecified atom stereocenters. The lowest BCUT2D eigenvalue weighted by Crippen LogP contribution is -2.27. The summed E-state index contributed by atoms with van der Waals surface area (Å²) in [5.74, 6) is -0.139. The van der Waals surface area contributed by atoms with Gasteiger partial charge in [-0.3, -0.25) is 0 Å². The molecule has 2 N–H and O–H groups in total. The Bertz CT molecular complexity index is 364. The summed E-state index contributed by atoms with van der Waals surface area (Å²) in [4.78, 5) is 2.24. The van der Waals surface area contributed by atoms with Crippen molar-refractivity contribution in [3.63, 3.8) is 0 Å². The lowest BCUT2D eigenvalue weighted by atomic mass is 10.0. The van der Waals surface area contributed by atoms with Gasteiger partial charge in [-0.15, -0.1) is 0 Å². The van der Waals surface area contributed by atoms with Crippen LogP contribution in [0.3, 0.4) is 0 Å². The van der Waals surface area contributed by atoms with E-state index >= 15 is 0 Å². The molecule has 1 rings (SSSR count). The second-order valence-electron chi connectivity index (χ2n) is 4.85. The van der Waals surface area contributed by atoms with Crippen LogP contribution in [0.25, 0.3) is 0 Å². The third-order valence-corrected chi connectivity index (χ3v) is 3.12. The molecule has 0 saturated heterocycles. The molecule has 0 spiro atoms. The Hall–Kier alpha value is -1.09. The molecule has 1 atom stereocenters. The lowest BCUT2D eigenvalue weighted by Gasteiger charge is -2.26. The summed E-state index contributed by atoms with van der Waals surface area (Å²) in [6.07, 6.45) is 2.86. The van der Waals surface area contributed by atoms with E-state index in [2.05, 4.69) is 18.7 Å². The van der Waals surface area contributed by atoms with Gasteiger partial charge in [-0.1, -0.05) is 19.4 Å². The average Bonchev–Trinajstić information content (AvgIpc) is 2.33. The molecule has 0 aliphatic rings. The summed E-state index contributed by atoms with van der Waals surface area (Å²) in [5.41, 5.74) is 7.58. The predicted molar refractivity (Wildman–Crippen MR) is 76.5 cm³/mol. The van der Waals surface area contributed by atoms with Crippen LogP contribution in [-0.2, 0) is 6.42 Å². The Morgan fingerprint density at radius 2 is 2.06 bits per heavy atom. The molecule has 0 aromatic heterocycles. The molecule has 0 fully saturated rings. The van der Waals surface area contributed by atoms with Crippen molar-refractivity contribution >= 4 is 5.69 Å². The number of benzene rings is 1. The van der Waals surface area contributed by atoms with Crippen molar-refractivity contribution in [1.29, 1.82) is 0 Å². The van der Waals surface area contributed by atoms with Crippen molar-refractivity contribution in [3.05, 3.63) is 29.6 Å². The molecular formula is C15H25FN2. The van der Waals surface area contributed by atoms with E-state index in [4.69, 9.17) is 5.73 Å². The lowest BCUT2D eigenvalue weighted by molar-refractivity contribution is 0.593. The van der Waals surface area contributed by atoms with E-state index in [0.29, 0.717) is 6.42 Å². The summed E-state index contributed by atoms with van der Waals surface area (Å²) < 4.78 is 13.9. The smallest absolute Gasteiger partial charge is 0.128 e. The zero-order valence-electron chi connectivity index (χ0n) is 11.7. The van der Waals surface area contributed by atoms with Crippen LogP contribution >= 0.6 is 0 Å². The molecule has 0 aliphatic carbocycles. The van der Waals surface area contributed by atoms with E-state index in [1.54, 1.807) is 6.07 Å². The molecule has 1 aromatic rings. The first-order valence-corrected chi connectivity index (χ1v) is 6.88. The first kappa shape index (κ1) is 15.0. The van der Waals surface area contributed by atoms with Crippen LogP contribution in [0.2, 0.25) is 0 Å². The number of anilines is 1. The largest absolute Gasteiger partial charge is 0.372 e. The van der Waals surface area contributed by atoms with Gasteiger partial charge in [0.25, 0.3) is 0 Å². The quantitative estimate of drug-likeness (QED) is 0.806. The van der Waals surface area contributed by atoms with Crippen LogP contribution < -0.4 is 10.6 Å². The number of nitrogens with zero attached hydrogens (tertiary/aromatic N) is 1. The highest BCUT2D eigenvalue weighted by molar-refractivity contribution is 5.54. The Kier molecular flexibility index (Phi) is 6.13. The van der Waals surface area contributed by atoms with E-state index in [9.17, 15) is 4.39 Å². The van der Waals surface area contributed by atoms with Crippen LogP contribution in [-0.4, -0.2) is 19.1 Å². The molecule has 0 aliphatic heterocycles. The van der Waals surface area contributed by atoms with E-state index in [-0.39, 0.29) is 11.9 Å². The summed E-state index contributed by atoms with van der Waals surface area (Å²) in [7, 11) is 0. The fourth-order valence-corrected chi connectivity index (χ4v) is 2.17. The molecule has 0 saturated carbocycles. The zero-order chi connectivity index (χ0) is 13.5. The highest BCUT2D eigenvalue weighted by atomic mass is 19.1. The first-order valence-electron chi connectivity index (χ1n) is 6.88. The maximum atomic E-state index is 13.9. The molecule has 18 heavy (non-hydrogen) atoms. The van der Waals surface area contributed by atoms with Crippen LogP contribution in [0.1, 0.15) is 39.2 Å². The Labute approximate surface area is 110 Å². The predicted octanol–water partition coefficient (Wildman–Crippen LogP) is 3.34. The maximum absolute atomic E-state index is 13.9. The average molecular weight is 252 g/mol. The number of hydrogen-bond donors (Lipinski definition) is 1. The van der Waals surface area contributed by atoms with Crippen molar-refractivity contribution in [2.24, 2.45) is 5.73 Å². The number of unbranched alkanes of at least 4 members (excludes halogenated alkanes) is 1. The van der Waals surface area contributed by atoms with Gasteiger partial charge in [0.2, 0.25) is 0 Å². The second-order valence-corrected chi connectivity index (χ2v) is 4.85. The third-order valence-electron chi connectivity index (χ3n) is 3.12. The fraction of sp³-hybridized carbons (Fsp3) is 0.600. The molecule has 1 aromatic carbocycles.